The van der Waals surface area contributed by atoms with Gasteiger partial charge in [-0.3, -0.25) is 4.79 Å². The van der Waals surface area contributed by atoms with Gasteiger partial charge in [0.15, 0.2) is 0 Å². The largest absolute Gasteiger partial charge is 0.467 e. The number of fused-ring (bicyclic) bond motifs is 2. The van der Waals surface area contributed by atoms with E-state index in [9.17, 15) is 4.79 Å². The predicted octanol–water partition coefficient (Wildman–Crippen LogP) is 2.00. The minimum absolute atomic E-state index is 0.0358. The Morgan fingerprint density at radius 3 is 2.84 bits per heavy atom. The van der Waals surface area contributed by atoms with Gasteiger partial charge in [-0.15, -0.1) is 0 Å². The SMILES string of the molecule is CCN(Cc1ccco1)C(=O)C1C2CCC(C2)C1N. The van der Waals surface area contributed by atoms with Crippen molar-refractivity contribution in [1.29, 1.82) is 0 Å². The molecule has 2 N–H and O–H groups in total. The van der Waals surface area contributed by atoms with Gasteiger partial charge in [0.2, 0.25) is 5.91 Å². The number of carbonyl (C=O) groups is 1. The molecule has 19 heavy (non-hydrogen) atoms. The van der Waals surface area contributed by atoms with Crippen molar-refractivity contribution in [2.45, 2.75) is 38.8 Å². The molecule has 4 nitrogen and oxygen atoms in total. The van der Waals surface area contributed by atoms with E-state index in [1.807, 2.05) is 24.0 Å². The Morgan fingerprint density at radius 1 is 1.47 bits per heavy atom. The van der Waals surface area contributed by atoms with Crippen molar-refractivity contribution in [2.75, 3.05) is 6.54 Å². The van der Waals surface area contributed by atoms with Gasteiger partial charge >= 0.3 is 0 Å². The summed E-state index contributed by atoms with van der Waals surface area (Å²) in [5.74, 6) is 2.18. The third-order valence-corrected chi connectivity index (χ3v) is 4.89. The molecule has 1 amide bonds. The number of rotatable bonds is 4. The van der Waals surface area contributed by atoms with Gasteiger partial charge in [-0.2, -0.15) is 0 Å². The first-order valence-corrected chi connectivity index (χ1v) is 7.27. The second-order valence-electron chi connectivity index (χ2n) is 5.87. The first-order chi connectivity index (χ1) is 9.20. The van der Waals surface area contributed by atoms with Crippen LogP contribution in [-0.2, 0) is 11.3 Å². The standard InChI is InChI=1S/C15H22N2O2/c1-2-17(9-12-4-3-7-19-12)15(18)13-10-5-6-11(8-10)14(13)16/h3-4,7,10-11,13-14H,2,5-6,8-9,16H2,1H3. The minimum atomic E-state index is 0.0358. The maximum Gasteiger partial charge on any atom is 0.227 e. The van der Waals surface area contributed by atoms with Crippen LogP contribution in [0.25, 0.3) is 0 Å². The van der Waals surface area contributed by atoms with E-state index in [1.165, 1.54) is 12.8 Å². The number of furan rings is 1. The Morgan fingerprint density at radius 2 is 2.26 bits per heavy atom. The van der Waals surface area contributed by atoms with E-state index in [-0.39, 0.29) is 17.9 Å². The van der Waals surface area contributed by atoms with Crippen molar-refractivity contribution in [1.82, 2.24) is 4.90 Å². The van der Waals surface area contributed by atoms with Crippen LogP contribution < -0.4 is 5.73 Å². The average molecular weight is 262 g/mol. The lowest BCUT2D eigenvalue weighted by atomic mass is 9.84. The van der Waals surface area contributed by atoms with Crippen LogP contribution in [0.4, 0.5) is 0 Å². The van der Waals surface area contributed by atoms with E-state index in [0.717, 1.165) is 12.2 Å². The van der Waals surface area contributed by atoms with Gasteiger partial charge < -0.3 is 15.1 Å². The number of carbonyl (C=O) groups excluding carboxylic acids is 1. The zero-order valence-corrected chi connectivity index (χ0v) is 11.4. The fraction of sp³-hybridized carbons (Fsp3) is 0.667. The number of nitrogens with two attached hydrogens (primary N) is 1. The summed E-state index contributed by atoms with van der Waals surface area (Å²) < 4.78 is 5.34. The Bertz CT molecular complexity index is 441. The van der Waals surface area contributed by atoms with Crippen molar-refractivity contribution in [3.8, 4) is 0 Å². The maximum absolute atomic E-state index is 12.7. The van der Waals surface area contributed by atoms with Crippen molar-refractivity contribution in [3.05, 3.63) is 24.2 Å². The summed E-state index contributed by atoms with van der Waals surface area (Å²) >= 11 is 0. The summed E-state index contributed by atoms with van der Waals surface area (Å²) in [6.07, 6.45) is 5.18. The molecule has 2 fully saturated rings. The Kier molecular flexibility index (Phi) is 3.35. The lowest BCUT2D eigenvalue weighted by Gasteiger charge is -2.31. The van der Waals surface area contributed by atoms with E-state index >= 15 is 0 Å². The highest BCUT2D eigenvalue weighted by molar-refractivity contribution is 5.80. The summed E-state index contributed by atoms with van der Waals surface area (Å²) in [6.45, 7) is 3.28. The summed E-state index contributed by atoms with van der Waals surface area (Å²) in [5.41, 5.74) is 6.26. The summed E-state index contributed by atoms with van der Waals surface area (Å²) in [7, 11) is 0. The highest BCUT2D eigenvalue weighted by Crippen LogP contribution is 2.48. The third kappa shape index (κ3) is 2.18. The summed E-state index contributed by atoms with van der Waals surface area (Å²) in [6, 6.07) is 3.84. The summed E-state index contributed by atoms with van der Waals surface area (Å²) in [5, 5.41) is 0. The lowest BCUT2D eigenvalue weighted by molar-refractivity contribution is -0.138. The van der Waals surface area contributed by atoms with E-state index in [0.29, 0.717) is 24.9 Å². The molecule has 2 aliphatic carbocycles. The lowest BCUT2D eigenvalue weighted by Crippen LogP contribution is -2.46. The van der Waals surface area contributed by atoms with Gasteiger partial charge in [0, 0.05) is 12.6 Å². The van der Waals surface area contributed by atoms with Crippen LogP contribution in [0.2, 0.25) is 0 Å². The summed E-state index contributed by atoms with van der Waals surface area (Å²) in [4.78, 5) is 14.6. The molecule has 2 aliphatic rings. The molecule has 104 valence electrons. The molecule has 3 rings (SSSR count). The van der Waals surface area contributed by atoms with E-state index in [2.05, 4.69) is 0 Å². The molecular formula is C15H22N2O2. The second-order valence-corrected chi connectivity index (χ2v) is 5.87. The highest BCUT2D eigenvalue weighted by atomic mass is 16.3. The van der Waals surface area contributed by atoms with Crippen molar-refractivity contribution < 1.29 is 9.21 Å². The molecule has 1 heterocycles. The molecule has 2 bridgehead atoms. The molecule has 4 heteroatoms. The van der Waals surface area contributed by atoms with Crippen molar-refractivity contribution in [2.24, 2.45) is 23.5 Å². The fourth-order valence-electron chi connectivity index (χ4n) is 3.85. The highest BCUT2D eigenvalue weighted by Gasteiger charge is 2.49. The van der Waals surface area contributed by atoms with Crippen LogP contribution in [0, 0.1) is 17.8 Å². The second kappa shape index (κ2) is 5.00. The Balaban J connectivity index is 1.71. The molecule has 1 aromatic heterocycles. The molecule has 0 aromatic carbocycles. The molecule has 4 unspecified atom stereocenters. The normalized spacial score (nSPS) is 32.7. The quantitative estimate of drug-likeness (QED) is 0.903. The van der Waals surface area contributed by atoms with Crippen LogP contribution in [-0.4, -0.2) is 23.4 Å². The molecule has 0 aliphatic heterocycles. The van der Waals surface area contributed by atoms with Gasteiger partial charge in [-0.05, 0) is 50.2 Å². The van der Waals surface area contributed by atoms with Crippen LogP contribution in [0.15, 0.2) is 22.8 Å². The molecule has 0 saturated heterocycles. The monoisotopic (exact) mass is 262 g/mol. The average Bonchev–Trinajstić information content (AvgIpc) is 3.12. The molecule has 4 atom stereocenters. The molecule has 0 spiro atoms. The van der Waals surface area contributed by atoms with Gasteiger partial charge in [0.1, 0.15) is 5.76 Å². The Hall–Kier alpha value is -1.29. The zero-order chi connectivity index (χ0) is 13.4. The molecule has 0 radical (unpaired) electrons. The zero-order valence-electron chi connectivity index (χ0n) is 11.4. The van der Waals surface area contributed by atoms with Gasteiger partial charge in [0.25, 0.3) is 0 Å². The van der Waals surface area contributed by atoms with Crippen molar-refractivity contribution >= 4 is 5.91 Å². The number of hydrogen-bond acceptors (Lipinski definition) is 3. The van der Waals surface area contributed by atoms with E-state index in [4.69, 9.17) is 10.2 Å². The van der Waals surface area contributed by atoms with Crippen LogP contribution in [0.1, 0.15) is 31.9 Å². The maximum atomic E-state index is 12.7. The third-order valence-electron chi connectivity index (χ3n) is 4.89. The topological polar surface area (TPSA) is 59.5 Å². The number of amides is 1. The first-order valence-electron chi connectivity index (χ1n) is 7.27. The van der Waals surface area contributed by atoms with E-state index in [1.54, 1.807) is 6.26 Å². The van der Waals surface area contributed by atoms with Gasteiger partial charge in [-0.25, -0.2) is 0 Å². The smallest absolute Gasteiger partial charge is 0.227 e. The van der Waals surface area contributed by atoms with Gasteiger partial charge in [-0.1, -0.05) is 0 Å². The molecule has 1 aromatic rings. The fourth-order valence-corrected chi connectivity index (χ4v) is 3.85. The molecular weight excluding hydrogens is 240 g/mol. The Labute approximate surface area is 113 Å². The number of nitrogens with zero attached hydrogens (tertiary/aromatic N) is 1. The predicted molar refractivity (Wildman–Crippen MR) is 72.1 cm³/mol. The van der Waals surface area contributed by atoms with E-state index < -0.39 is 0 Å². The van der Waals surface area contributed by atoms with Crippen LogP contribution in [0.3, 0.4) is 0 Å². The number of hydrogen-bond donors (Lipinski definition) is 1. The van der Waals surface area contributed by atoms with Gasteiger partial charge in [0.05, 0.1) is 18.7 Å². The van der Waals surface area contributed by atoms with Crippen molar-refractivity contribution in [3.63, 3.8) is 0 Å². The van der Waals surface area contributed by atoms with Crippen LogP contribution >= 0.6 is 0 Å². The molecule has 2 saturated carbocycles. The first kappa shape index (κ1) is 12.7. The van der Waals surface area contributed by atoms with Crippen LogP contribution in [0.5, 0.6) is 0 Å². The minimum Gasteiger partial charge on any atom is -0.467 e.